The average molecular weight is 291 g/mol. The molecule has 6 nitrogen and oxygen atoms in total. The van der Waals surface area contributed by atoms with E-state index in [0.29, 0.717) is 18.9 Å². The molecule has 0 aliphatic carbocycles. The minimum absolute atomic E-state index is 0.0275. The van der Waals surface area contributed by atoms with Crippen molar-refractivity contribution < 1.29 is 9.72 Å². The lowest BCUT2D eigenvalue weighted by molar-refractivity contribution is -0.384. The first-order valence-corrected chi connectivity index (χ1v) is 7.19. The highest BCUT2D eigenvalue weighted by atomic mass is 16.6. The number of non-ortho nitro benzene ring substituents is 1. The smallest absolute Gasteiger partial charge is 0.269 e. The maximum absolute atomic E-state index is 12.1. The lowest BCUT2D eigenvalue weighted by atomic mass is 9.99. The van der Waals surface area contributed by atoms with Gasteiger partial charge in [-0.05, 0) is 17.9 Å². The lowest BCUT2D eigenvalue weighted by Crippen LogP contribution is -2.34. The van der Waals surface area contributed by atoms with Crippen LogP contribution in [-0.2, 0) is 4.79 Å². The summed E-state index contributed by atoms with van der Waals surface area (Å²) in [6.45, 7) is 4.84. The van der Waals surface area contributed by atoms with Crippen LogP contribution in [0.5, 0.6) is 0 Å². The molecule has 1 aromatic rings. The van der Waals surface area contributed by atoms with Crippen LogP contribution in [0, 0.1) is 16.0 Å². The van der Waals surface area contributed by atoms with Crippen molar-refractivity contribution in [3.05, 3.63) is 39.9 Å². The van der Waals surface area contributed by atoms with E-state index >= 15 is 0 Å². The zero-order valence-corrected chi connectivity index (χ0v) is 12.4. The van der Waals surface area contributed by atoms with Gasteiger partial charge in [0, 0.05) is 31.1 Å². The van der Waals surface area contributed by atoms with E-state index in [4.69, 9.17) is 5.73 Å². The molecule has 0 spiro atoms. The average Bonchev–Trinajstić information content (AvgIpc) is 2.70. The minimum Gasteiger partial charge on any atom is -0.334 e. The number of hydrogen-bond acceptors (Lipinski definition) is 4. The predicted octanol–water partition coefficient (Wildman–Crippen LogP) is 2.24. The van der Waals surface area contributed by atoms with Gasteiger partial charge < -0.3 is 10.6 Å². The maximum atomic E-state index is 12.1. The first kappa shape index (κ1) is 15.4. The molecule has 0 radical (unpaired) electrons. The van der Waals surface area contributed by atoms with Crippen LogP contribution in [0.1, 0.15) is 38.3 Å². The van der Waals surface area contributed by atoms with Gasteiger partial charge >= 0.3 is 0 Å². The van der Waals surface area contributed by atoms with Crippen molar-refractivity contribution in [2.24, 2.45) is 11.7 Å². The molecule has 6 heteroatoms. The van der Waals surface area contributed by atoms with E-state index in [2.05, 4.69) is 13.8 Å². The van der Waals surface area contributed by atoms with Crippen LogP contribution in [0.15, 0.2) is 24.3 Å². The molecule has 1 heterocycles. The summed E-state index contributed by atoms with van der Waals surface area (Å²) in [5.41, 5.74) is 6.86. The number of rotatable bonds is 5. The Labute approximate surface area is 124 Å². The number of nitro groups is 1. The Hall–Kier alpha value is -1.95. The fourth-order valence-corrected chi connectivity index (χ4v) is 2.73. The van der Waals surface area contributed by atoms with Crippen LogP contribution in [0.2, 0.25) is 0 Å². The summed E-state index contributed by atoms with van der Waals surface area (Å²) in [5.74, 6) is 0.514. The van der Waals surface area contributed by atoms with Crippen LogP contribution in [0.3, 0.4) is 0 Å². The molecule has 1 aromatic carbocycles. The van der Waals surface area contributed by atoms with Crippen molar-refractivity contribution >= 4 is 11.6 Å². The molecule has 21 heavy (non-hydrogen) atoms. The van der Waals surface area contributed by atoms with Crippen molar-refractivity contribution in [3.8, 4) is 0 Å². The van der Waals surface area contributed by atoms with Gasteiger partial charge in [0.2, 0.25) is 5.91 Å². The molecular weight excluding hydrogens is 270 g/mol. The lowest BCUT2D eigenvalue weighted by Gasteiger charge is -2.27. The highest BCUT2D eigenvalue weighted by molar-refractivity contribution is 5.80. The summed E-state index contributed by atoms with van der Waals surface area (Å²) < 4.78 is 0. The van der Waals surface area contributed by atoms with Gasteiger partial charge in [-0.2, -0.15) is 0 Å². The van der Waals surface area contributed by atoms with E-state index in [0.717, 1.165) is 12.0 Å². The molecule has 0 saturated carbocycles. The van der Waals surface area contributed by atoms with Gasteiger partial charge in [0.25, 0.3) is 5.69 Å². The molecule has 1 fully saturated rings. The second-order valence-corrected chi connectivity index (χ2v) is 5.93. The fourth-order valence-electron chi connectivity index (χ4n) is 2.73. The molecule has 1 saturated heterocycles. The topological polar surface area (TPSA) is 89.5 Å². The summed E-state index contributed by atoms with van der Waals surface area (Å²) in [6, 6.07) is 5.83. The quantitative estimate of drug-likeness (QED) is 0.665. The largest absolute Gasteiger partial charge is 0.334 e. The maximum Gasteiger partial charge on any atom is 0.269 e. The van der Waals surface area contributed by atoms with Crippen LogP contribution >= 0.6 is 0 Å². The van der Waals surface area contributed by atoms with E-state index in [-0.39, 0.29) is 23.7 Å². The molecule has 2 N–H and O–H groups in total. The molecule has 1 amide bonds. The normalized spacial score (nSPS) is 22.1. The van der Waals surface area contributed by atoms with Crippen molar-refractivity contribution in [1.29, 1.82) is 0 Å². The Bertz CT molecular complexity index is 545. The zero-order valence-electron chi connectivity index (χ0n) is 12.4. The van der Waals surface area contributed by atoms with E-state index in [1.807, 2.05) is 0 Å². The number of hydrogen-bond donors (Lipinski definition) is 1. The number of carbonyl (C=O) groups is 1. The van der Waals surface area contributed by atoms with Gasteiger partial charge in [-0.3, -0.25) is 14.9 Å². The SMILES string of the molecule is CC(C)CCN1C(=O)CC(N)C1c1cccc([N+](=O)[O-])c1. The number of nitrogens with two attached hydrogens (primary N) is 1. The summed E-state index contributed by atoms with van der Waals surface area (Å²) in [5, 5.41) is 10.9. The van der Waals surface area contributed by atoms with Gasteiger partial charge in [-0.15, -0.1) is 0 Å². The highest BCUT2D eigenvalue weighted by Gasteiger charge is 2.38. The first-order chi connectivity index (χ1) is 9.90. The Morgan fingerprint density at radius 2 is 2.19 bits per heavy atom. The number of likely N-dealkylation sites (tertiary alicyclic amines) is 1. The van der Waals surface area contributed by atoms with Crippen LogP contribution < -0.4 is 5.73 Å². The van der Waals surface area contributed by atoms with Crippen molar-refractivity contribution in [3.63, 3.8) is 0 Å². The molecule has 2 atom stereocenters. The monoisotopic (exact) mass is 291 g/mol. The summed E-state index contributed by atoms with van der Waals surface area (Å²) in [4.78, 5) is 24.4. The van der Waals surface area contributed by atoms with Crippen LogP contribution in [-0.4, -0.2) is 28.3 Å². The number of nitro benzene ring substituents is 1. The van der Waals surface area contributed by atoms with E-state index in [9.17, 15) is 14.9 Å². The molecule has 2 unspecified atom stereocenters. The summed E-state index contributed by atoms with van der Waals surface area (Å²) in [7, 11) is 0. The van der Waals surface area contributed by atoms with Gasteiger partial charge in [0.05, 0.1) is 11.0 Å². The first-order valence-electron chi connectivity index (χ1n) is 7.19. The fraction of sp³-hybridized carbons (Fsp3) is 0.533. The number of benzene rings is 1. The van der Waals surface area contributed by atoms with Gasteiger partial charge in [0.15, 0.2) is 0 Å². The number of carbonyl (C=O) groups excluding carboxylic acids is 1. The van der Waals surface area contributed by atoms with E-state index in [1.54, 1.807) is 17.0 Å². The van der Waals surface area contributed by atoms with E-state index < -0.39 is 4.92 Å². The highest BCUT2D eigenvalue weighted by Crippen LogP contribution is 2.33. The third-order valence-corrected chi connectivity index (χ3v) is 3.84. The van der Waals surface area contributed by atoms with E-state index in [1.165, 1.54) is 12.1 Å². The van der Waals surface area contributed by atoms with Crippen molar-refractivity contribution in [2.45, 2.75) is 38.8 Å². The van der Waals surface area contributed by atoms with Gasteiger partial charge in [-0.25, -0.2) is 0 Å². The summed E-state index contributed by atoms with van der Waals surface area (Å²) in [6.07, 6.45) is 1.19. The second-order valence-electron chi connectivity index (χ2n) is 5.93. The Kier molecular flexibility index (Phi) is 4.57. The third kappa shape index (κ3) is 3.39. The van der Waals surface area contributed by atoms with Gasteiger partial charge in [-0.1, -0.05) is 26.0 Å². The Balaban J connectivity index is 2.27. The van der Waals surface area contributed by atoms with Crippen molar-refractivity contribution in [1.82, 2.24) is 4.90 Å². The second kappa shape index (κ2) is 6.22. The molecule has 114 valence electrons. The Morgan fingerprint density at radius 3 is 2.81 bits per heavy atom. The van der Waals surface area contributed by atoms with Crippen molar-refractivity contribution in [2.75, 3.05) is 6.54 Å². The molecule has 0 bridgehead atoms. The third-order valence-electron chi connectivity index (χ3n) is 3.84. The van der Waals surface area contributed by atoms with Gasteiger partial charge in [0.1, 0.15) is 0 Å². The summed E-state index contributed by atoms with van der Waals surface area (Å²) >= 11 is 0. The molecule has 0 aromatic heterocycles. The molecule has 2 rings (SSSR count). The molecule has 1 aliphatic heterocycles. The minimum atomic E-state index is -0.426. The Morgan fingerprint density at radius 1 is 1.48 bits per heavy atom. The number of nitrogens with zero attached hydrogens (tertiary/aromatic N) is 2. The zero-order chi connectivity index (χ0) is 15.6. The van der Waals surface area contributed by atoms with Crippen LogP contribution in [0.25, 0.3) is 0 Å². The molecule has 1 aliphatic rings. The van der Waals surface area contributed by atoms with Crippen LogP contribution in [0.4, 0.5) is 5.69 Å². The standard InChI is InChI=1S/C15H21N3O3/c1-10(2)6-7-17-14(19)9-13(16)15(17)11-4-3-5-12(8-11)18(20)21/h3-5,8,10,13,15H,6-7,9,16H2,1-2H3. The molecular formula is C15H21N3O3. The number of amides is 1. The predicted molar refractivity (Wildman–Crippen MR) is 79.6 cm³/mol.